The first-order valence-electron chi connectivity index (χ1n) is 6.94. The van der Waals surface area contributed by atoms with Crippen molar-refractivity contribution in [2.45, 2.75) is 32.4 Å². The van der Waals surface area contributed by atoms with Crippen molar-refractivity contribution in [1.82, 2.24) is 10.2 Å². The average molecular weight is 318 g/mol. The number of hydrogen-bond donors (Lipinski definition) is 3. The molecule has 128 valence electrons. The number of amides is 1. The summed E-state index contributed by atoms with van der Waals surface area (Å²) in [6.07, 6.45) is 3.31. The molecule has 8 heteroatoms. The summed E-state index contributed by atoms with van der Waals surface area (Å²) in [5.74, 6) is 5.52. The predicted octanol–water partition coefficient (Wildman–Crippen LogP) is 1.03. The molecule has 0 aliphatic rings. The summed E-state index contributed by atoms with van der Waals surface area (Å²) < 4.78 is 17.6. The van der Waals surface area contributed by atoms with Gasteiger partial charge >= 0.3 is 6.09 Å². The topological polar surface area (TPSA) is 103 Å². The second-order valence-electron chi connectivity index (χ2n) is 5.01. The minimum absolute atomic E-state index is 0.381. The maximum absolute atomic E-state index is 13.0. The molecule has 0 heterocycles. The summed E-state index contributed by atoms with van der Waals surface area (Å²) >= 11 is 0. The van der Waals surface area contributed by atoms with E-state index in [4.69, 9.17) is 11.6 Å². The smallest absolute Gasteiger partial charge is 0.409 e. The molecule has 7 nitrogen and oxygen atoms in total. The van der Waals surface area contributed by atoms with Gasteiger partial charge in [0.25, 0.3) is 0 Å². The van der Waals surface area contributed by atoms with Gasteiger partial charge in [-0.15, -0.1) is 0 Å². The number of allylic oxidation sites excluding steroid dienone is 1. The summed E-state index contributed by atoms with van der Waals surface area (Å²) in [5, 5.41) is 2.96. The van der Waals surface area contributed by atoms with Gasteiger partial charge in [-0.1, -0.05) is 0 Å². The van der Waals surface area contributed by atoms with E-state index in [1.165, 1.54) is 12.0 Å². The zero-order valence-corrected chi connectivity index (χ0v) is 13.6. The molecule has 0 rings (SSSR count). The van der Waals surface area contributed by atoms with Crippen LogP contribution in [0.2, 0.25) is 0 Å². The number of nitrogens with zero attached hydrogens (tertiary/aromatic N) is 1. The van der Waals surface area contributed by atoms with E-state index in [0.717, 1.165) is 5.57 Å². The van der Waals surface area contributed by atoms with Gasteiger partial charge in [-0.25, -0.2) is 9.18 Å². The molecule has 0 fully saturated rings. The van der Waals surface area contributed by atoms with Crippen molar-refractivity contribution < 1.29 is 18.8 Å². The van der Waals surface area contributed by atoms with Crippen LogP contribution in [-0.2, 0) is 9.57 Å². The number of alkyl halides is 1. The maximum atomic E-state index is 13.0. The Morgan fingerprint density at radius 3 is 2.59 bits per heavy atom. The van der Waals surface area contributed by atoms with E-state index >= 15 is 0 Å². The highest BCUT2D eigenvalue weighted by Gasteiger charge is 2.12. The molecular weight excluding hydrogens is 291 g/mol. The van der Waals surface area contributed by atoms with Gasteiger partial charge in [0.2, 0.25) is 0 Å². The van der Waals surface area contributed by atoms with Crippen LogP contribution in [-0.4, -0.2) is 50.5 Å². The molecule has 0 aromatic carbocycles. The highest BCUT2D eigenvalue weighted by atomic mass is 19.1. The molecule has 0 aliphatic carbocycles. The average Bonchev–Trinajstić information content (AvgIpc) is 2.53. The van der Waals surface area contributed by atoms with Crippen LogP contribution in [0.5, 0.6) is 0 Å². The zero-order chi connectivity index (χ0) is 17.1. The van der Waals surface area contributed by atoms with Gasteiger partial charge in [0.15, 0.2) is 0 Å². The van der Waals surface area contributed by atoms with Crippen LogP contribution in [0.1, 0.15) is 20.3 Å². The van der Waals surface area contributed by atoms with Crippen LogP contribution in [0.25, 0.3) is 0 Å². The van der Waals surface area contributed by atoms with Crippen molar-refractivity contribution in [2.24, 2.45) is 11.6 Å². The molecule has 1 amide bonds. The van der Waals surface area contributed by atoms with Crippen LogP contribution in [0.15, 0.2) is 23.6 Å². The third-order valence-corrected chi connectivity index (χ3v) is 3.16. The molecule has 0 aliphatic heterocycles. The number of carbonyl (C=O) groups excluding carboxylic acids is 1. The molecule has 5 N–H and O–H groups in total. The fraction of sp³-hybridized carbons (Fsp3) is 0.643. The van der Waals surface area contributed by atoms with Gasteiger partial charge in [-0.3, -0.25) is 0 Å². The quantitative estimate of drug-likeness (QED) is 0.433. The highest BCUT2D eigenvalue weighted by molar-refractivity contribution is 5.66. The molecule has 0 saturated carbocycles. The van der Waals surface area contributed by atoms with E-state index in [-0.39, 0.29) is 6.04 Å². The Morgan fingerprint density at radius 2 is 2.09 bits per heavy atom. The second kappa shape index (κ2) is 10.9. The van der Waals surface area contributed by atoms with Gasteiger partial charge in [-0.05, 0) is 38.1 Å². The minimum atomic E-state index is -0.561. The van der Waals surface area contributed by atoms with Gasteiger partial charge in [-0.2, -0.15) is 5.90 Å². The summed E-state index contributed by atoms with van der Waals surface area (Å²) in [6, 6.07) is -0.792. The Morgan fingerprint density at radius 1 is 1.45 bits per heavy atom. The van der Waals surface area contributed by atoms with E-state index in [2.05, 4.69) is 14.9 Å². The fourth-order valence-electron chi connectivity index (χ4n) is 1.57. The van der Waals surface area contributed by atoms with Gasteiger partial charge in [0, 0.05) is 19.6 Å². The number of halogens is 1. The van der Waals surface area contributed by atoms with E-state index in [1.807, 2.05) is 6.92 Å². The monoisotopic (exact) mass is 318 g/mol. The molecule has 0 spiro atoms. The van der Waals surface area contributed by atoms with Crippen molar-refractivity contribution in [1.29, 1.82) is 0 Å². The normalized spacial score (nSPS) is 15.0. The Bertz CT molecular complexity index is 402. The second-order valence-corrected chi connectivity index (χ2v) is 5.01. The summed E-state index contributed by atoms with van der Waals surface area (Å²) in [4.78, 5) is 17.2. The number of ether oxygens (including phenoxy) is 1. The lowest BCUT2D eigenvalue weighted by molar-refractivity contribution is 0.131. The minimum Gasteiger partial charge on any atom is -0.453 e. The molecule has 0 saturated heterocycles. The zero-order valence-electron chi connectivity index (χ0n) is 13.6. The standard InChI is InChI=1S/C14H27FN4O3/c1-10(13(16)7-11(2)22-17)9-18-12(8-15)5-6-19(3)14(20)21-4/h7,9,12-13,18H,5-6,8,16-17H2,1-4H3/b10-9+,11-7+/t12-,13?/m0/s1. The third-order valence-electron chi connectivity index (χ3n) is 3.16. The number of nitrogens with two attached hydrogens (primary N) is 2. The Kier molecular flexibility index (Phi) is 9.97. The summed E-state index contributed by atoms with van der Waals surface area (Å²) in [7, 11) is 2.90. The molecule has 0 bridgehead atoms. The van der Waals surface area contributed by atoms with Crippen molar-refractivity contribution in [2.75, 3.05) is 27.4 Å². The molecule has 0 aromatic heterocycles. The lowest BCUT2D eigenvalue weighted by Gasteiger charge is -2.20. The molecular formula is C14H27FN4O3. The Labute approximate surface area is 131 Å². The molecule has 22 heavy (non-hydrogen) atoms. The fourth-order valence-corrected chi connectivity index (χ4v) is 1.57. The number of hydrogen-bond acceptors (Lipinski definition) is 6. The van der Waals surface area contributed by atoms with Crippen molar-refractivity contribution in [3.63, 3.8) is 0 Å². The van der Waals surface area contributed by atoms with E-state index in [9.17, 15) is 9.18 Å². The number of methoxy groups -OCH3 is 1. The van der Waals surface area contributed by atoms with E-state index in [0.29, 0.717) is 18.7 Å². The SMILES string of the molecule is COC(=O)N(C)CC[C@@H](CF)N/C=C(\C)C(N)/C=C(\C)ON. The lowest BCUT2D eigenvalue weighted by atomic mass is 10.1. The number of carbonyl (C=O) groups is 1. The highest BCUT2D eigenvalue weighted by Crippen LogP contribution is 2.04. The maximum Gasteiger partial charge on any atom is 0.409 e. The van der Waals surface area contributed by atoms with Gasteiger partial charge in [0.05, 0.1) is 13.2 Å². The third kappa shape index (κ3) is 7.84. The Hall–Kier alpha value is -1.80. The first-order valence-corrected chi connectivity index (χ1v) is 6.94. The van der Waals surface area contributed by atoms with Crippen LogP contribution in [0, 0.1) is 0 Å². The lowest BCUT2D eigenvalue weighted by Crippen LogP contribution is -2.35. The van der Waals surface area contributed by atoms with Crippen LogP contribution >= 0.6 is 0 Å². The molecule has 1 unspecified atom stereocenters. The molecule has 2 atom stereocenters. The van der Waals surface area contributed by atoms with Gasteiger partial charge in [0.1, 0.15) is 12.4 Å². The van der Waals surface area contributed by atoms with Crippen molar-refractivity contribution in [3.05, 3.63) is 23.6 Å². The molecule has 0 radical (unpaired) electrons. The Balaban J connectivity index is 4.43. The number of nitrogens with one attached hydrogen (secondary N) is 1. The van der Waals surface area contributed by atoms with E-state index < -0.39 is 18.8 Å². The summed E-state index contributed by atoms with van der Waals surface area (Å²) in [5.41, 5.74) is 6.72. The van der Waals surface area contributed by atoms with Crippen molar-refractivity contribution in [3.8, 4) is 0 Å². The number of rotatable bonds is 9. The van der Waals surface area contributed by atoms with E-state index in [1.54, 1.807) is 26.2 Å². The summed E-state index contributed by atoms with van der Waals surface area (Å²) in [6.45, 7) is 3.32. The first kappa shape index (κ1) is 20.2. The predicted molar refractivity (Wildman–Crippen MR) is 83.3 cm³/mol. The van der Waals surface area contributed by atoms with Crippen LogP contribution in [0.4, 0.5) is 9.18 Å². The van der Waals surface area contributed by atoms with Gasteiger partial charge < -0.3 is 25.5 Å². The first-order chi connectivity index (χ1) is 10.3. The van der Waals surface area contributed by atoms with Crippen LogP contribution in [0.3, 0.4) is 0 Å². The largest absolute Gasteiger partial charge is 0.453 e. The molecule has 0 aromatic rings. The van der Waals surface area contributed by atoms with Crippen LogP contribution < -0.4 is 16.9 Å². The van der Waals surface area contributed by atoms with Crippen molar-refractivity contribution >= 4 is 6.09 Å².